The number of fused-ring (bicyclic) bond motifs is 2. The average Bonchev–Trinajstić information content (AvgIpc) is 3.41. The van der Waals surface area contributed by atoms with E-state index in [1.807, 2.05) is 18.2 Å². The summed E-state index contributed by atoms with van der Waals surface area (Å²) in [6, 6.07) is 11.1. The van der Waals surface area contributed by atoms with Crippen LogP contribution in [-0.2, 0) is 13.0 Å². The van der Waals surface area contributed by atoms with Crippen LogP contribution < -0.4 is 5.32 Å². The van der Waals surface area contributed by atoms with Crippen LogP contribution in [0.2, 0.25) is 0 Å². The number of likely N-dealkylation sites (tertiary alicyclic amines) is 1. The second kappa shape index (κ2) is 8.45. The van der Waals surface area contributed by atoms with Crippen LogP contribution in [0, 0.1) is 5.82 Å². The summed E-state index contributed by atoms with van der Waals surface area (Å²) in [5.41, 5.74) is 3.17. The van der Waals surface area contributed by atoms with E-state index in [0.717, 1.165) is 58.3 Å². The maximum Gasteiger partial charge on any atom is 0.157 e. The first-order valence-corrected chi connectivity index (χ1v) is 11.7. The molecule has 0 aliphatic carbocycles. The highest BCUT2D eigenvalue weighted by atomic mass is 32.1. The highest BCUT2D eigenvalue weighted by molar-refractivity contribution is 7.18. The third-order valence-electron chi connectivity index (χ3n) is 5.88. The van der Waals surface area contributed by atoms with Gasteiger partial charge in [0.25, 0.3) is 0 Å². The molecule has 1 fully saturated rings. The van der Waals surface area contributed by atoms with Crippen LogP contribution in [0.15, 0.2) is 48.9 Å². The highest BCUT2D eigenvalue weighted by Gasteiger charge is 2.31. The third kappa shape index (κ3) is 4.03. The quantitative estimate of drug-likeness (QED) is 0.382. The van der Waals surface area contributed by atoms with Crippen molar-refractivity contribution in [3.05, 3.63) is 71.3 Å². The molecule has 5 aromatic rings. The van der Waals surface area contributed by atoms with Gasteiger partial charge in [-0.1, -0.05) is 23.5 Å². The van der Waals surface area contributed by atoms with Crippen molar-refractivity contribution in [2.24, 2.45) is 0 Å². The van der Waals surface area contributed by atoms with E-state index < -0.39 is 0 Å². The number of thiazole rings is 1. The first-order valence-electron chi connectivity index (χ1n) is 10.8. The Morgan fingerprint density at radius 3 is 2.88 bits per heavy atom. The predicted octanol–water partition coefficient (Wildman–Crippen LogP) is 3.75. The summed E-state index contributed by atoms with van der Waals surface area (Å²) in [7, 11) is 0. The van der Waals surface area contributed by atoms with Gasteiger partial charge in [0.15, 0.2) is 5.82 Å². The maximum atomic E-state index is 13.9. The Kier molecular flexibility index (Phi) is 5.16. The van der Waals surface area contributed by atoms with Crippen molar-refractivity contribution >= 4 is 38.5 Å². The molecule has 0 saturated carbocycles. The lowest BCUT2D eigenvalue weighted by molar-refractivity contribution is 0.149. The molecule has 33 heavy (non-hydrogen) atoms. The van der Waals surface area contributed by atoms with Gasteiger partial charge in [0.05, 0.1) is 23.3 Å². The van der Waals surface area contributed by atoms with Crippen LogP contribution in [0.4, 0.5) is 10.2 Å². The van der Waals surface area contributed by atoms with Crippen molar-refractivity contribution in [2.75, 3.05) is 25.0 Å². The Morgan fingerprint density at radius 2 is 2.00 bits per heavy atom. The minimum Gasteiger partial charge on any atom is -0.362 e. The molecule has 0 unspecified atom stereocenters. The number of pyridine rings is 1. The number of aromatic nitrogens is 6. The Bertz CT molecular complexity index is 1390. The van der Waals surface area contributed by atoms with Gasteiger partial charge >= 0.3 is 0 Å². The second-order valence-electron chi connectivity index (χ2n) is 8.12. The molecule has 4 aromatic heterocycles. The number of imidazole rings is 1. The number of H-pyrrole nitrogens is 1. The zero-order valence-electron chi connectivity index (χ0n) is 17.7. The number of nitrogens with zero attached hydrogens (tertiary/aromatic N) is 6. The molecule has 0 atom stereocenters. The molecule has 0 bridgehead atoms. The second-order valence-corrected chi connectivity index (χ2v) is 9.13. The minimum absolute atomic E-state index is 0.241. The normalized spacial score (nSPS) is 14.7. The van der Waals surface area contributed by atoms with E-state index in [2.05, 4.69) is 41.2 Å². The molecule has 1 aliphatic heterocycles. The number of aromatic amines is 1. The average molecular weight is 461 g/mol. The van der Waals surface area contributed by atoms with E-state index in [1.54, 1.807) is 23.6 Å². The zero-order chi connectivity index (χ0) is 22.2. The van der Waals surface area contributed by atoms with Crippen molar-refractivity contribution in [3.8, 4) is 0 Å². The molecule has 2 N–H and O–H groups in total. The molecule has 10 heteroatoms. The van der Waals surface area contributed by atoms with Crippen LogP contribution in [0.1, 0.15) is 22.4 Å². The lowest BCUT2D eigenvalue weighted by Crippen LogP contribution is -2.45. The monoisotopic (exact) mass is 460 g/mol. The number of halogens is 1. The fourth-order valence-corrected chi connectivity index (χ4v) is 5.08. The summed E-state index contributed by atoms with van der Waals surface area (Å²) in [5.74, 6) is 1.68. The minimum atomic E-state index is -0.341. The summed E-state index contributed by atoms with van der Waals surface area (Å²) in [6.07, 6.45) is 3.99. The van der Waals surface area contributed by atoms with E-state index >= 15 is 0 Å². The van der Waals surface area contributed by atoms with Crippen molar-refractivity contribution in [1.82, 2.24) is 34.8 Å². The van der Waals surface area contributed by atoms with Crippen LogP contribution in [-0.4, -0.2) is 54.4 Å². The molecular weight excluding hydrogens is 439 g/mol. The predicted molar refractivity (Wildman–Crippen MR) is 126 cm³/mol. The zero-order valence-corrected chi connectivity index (χ0v) is 18.5. The van der Waals surface area contributed by atoms with Crippen LogP contribution in [0.5, 0.6) is 0 Å². The Balaban J connectivity index is 1.09. The molecule has 0 radical (unpaired) electrons. The molecule has 166 valence electrons. The fourth-order valence-electron chi connectivity index (χ4n) is 4.09. The van der Waals surface area contributed by atoms with Crippen LogP contribution in [0.25, 0.3) is 21.4 Å². The Hall–Kier alpha value is -3.50. The Morgan fingerprint density at radius 1 is 1.09 bits per heavy atom. The van der Waals surface area contributed by atoms with Gasteiger partial charge in [0.1, 0.15) is 33.3 Å². The smallest absolute Gasteiger partial charge is 0.157 e. The van der Waals surface area contributed by atoms with Crippen molar-refractivity contribution in [3.63, 3.8) is 0 Å². The summed E-state index contributed by atoms with van der Waals surface area (Å²) in [6.45, 7) is 3.14. The number of anilines is 1. The first-order chi connectivity index (χ1) is 16.2. The number of hydrogen-bond donors (Lipinski definition) is 2. The molecular formula is C23H21FN8S. The molecule has 6 rings (SSSR count). The summed E-state index contributed by atoms with van der Waals surface area (Å²) >= 11 is 1.60. The van der Waals surface area contributed by atoms with Gasteiger partial charge in [0.2, 0.25) is 0 Å². The molecule has 1 aromatic carbocycles. The Labute approximate surface area is 193 Å². The van der Waals surface area contributed by atoms with Gasteiger partial charge in [0, 0.05) is 38.2 Å². The van der Waals surface area contributed by atoms with Crippen molar-refractivity contribution < 1.29 is 4.39 Å². The third-order valence-corrected chi connectivity index (χ3v) is 7.01. The van der Waals surface area contributed by atoms with Crippen molar-refractivity contribution in [2.45, 2.75) is 18.9 Å². The van der Waals surface area contributed by atoms with Gasteiger partial charge in [-0.2, -0.15) is 0 Å². The maximum absolute atomic E-state index is 13.9. The summed E-state index contributed by atoms with van der Waals surface area (Å²) in [5, 5.41) is 4.23. The molecule has 0 spiro atoms. The van der Waals surface area contributed by atoms with E-state index in [0.29, 0.717) is 17.4 Å². The molecule has 1 saturated heterocycles. The number of hydrogen-bond acceptors (Lipinski definition) is 8. The van der Waals surface area contributed by atoms with Gasteiger partial charge in [-0.05, 0) is 24.3 Å². The lowest BCUT2D eigenvalue weighted by atomic mass is 10.0. The highest BCUT2D eigenvalue weighted by Crippen LogP contribution is 2.34. The van der Waals surface area contributed by atoms with Crippen LogP contribution in [0.3, 0.4) is 0 Å². The summed E-state index contributed by atoms with van der Waals surface area (Å²) < 4.78 is 13.9. The van der Waals surface area contributed by atoms with Gasteiger partial charge in [-0.15, -0.1) is 0 Å². The van der Waals surface area contributed by atoms with Crippen molar-refractivity contribution in [1.29, 1.82) is 0 Å². The van der Waals surface area contributed by atoms with Gasteiger partial charge in [-0.25, -0.2) is 24.3 Å². The topological polar surface area (TPSA) is 95.5 Å². The number of rotatable bonds is 7. The summed E-state index contributed by atoms with van der Waals surface area (Å²) in [4.78, 5) is 28.9. The molecule has 0 amide bonds. The van der Waals surface area contributed by atoms with Crippen LogP contribution >= 0.6 is 11.3 Å². The largest absolute Gasteiger partial charge is 0.362 e. The SMILES string of the molecule is Fc1cccnc1CNc1ncnc2sc(C3CN(CCc4nc5ccccc5[nH]4)C3)nc12. The van der Waals surface area contributed by atoms with E-state index in [1.165, 1.54) is 12.4 Å². The van der Waals surface area contributed by atoms with E-state index in [9.17, 15) is 4.39 Å². The molecule has 8 nitrogen and oxygen atoms in total. The standard InChI is InChI=1S/C23H21FN8S/c24-15-4-3-8-25-18(15)10-26-21-20-23(28-13-27-21)33-22(31-20)14-11-32(12-14)9-7-19-29-16-5-1-2-6-17(16)30-19/h1-6,8,13-14H,7,9-12H2,(H,29,30)(H,26,27,28). The van der Waals surface area contributed by atoms with Gasteiger partial charge < -0.3 is 15.2 Å². The molecule has 1 aliphatic rings. The molecule has 5 heterocycles. The number of benzene rings is 1. The van der Waals surface area contributed by atoms with E-state index in [4.69, 9.17) is 4.98 Å². The number of nitrogens with one attached hydrogen (secondary N) is 2. The fraction of sp³-hybridized carbons (Fsp3) is 0.261. The number of para-hydroxylation sites is 2. The lowest BCUT2D eigenvalue weighted by Gasteiger charge is -2.37. The van der Waals surface area contributed by atoms with E-state index in [-0.39, 0.29) is 12.4 Å². The van der Waals surface area contributed by atoms with Gasteiger partial charge in [-0.3, -0.25) is 4.98 Å². The first kappa shape index (κ1) is 20.1.